The first-order chi connectivity index (χ1) is 11.4. The minimum Gasteiger partial charge on any atom is -0.366 e. The van der Waals surface area contributed by atoms with E-state index in [2.05, 4.69) is 10.6 Å². The molecule has 1 unspecified atom stereocenters. The van der Waals surface area contributed by atoms with Gasteiger partial charge in [-0.25, -0.2) is 8.42 Å². The largest absolute Gasteiger partial charge is 0.366 e. The molecule has 1 aromatic carbocycles. The highest BCUT2D eigenvalue weighted by atomic mass is 35.5. The molecule has 0 aliphatic carbocycles. The second kappa shape index (κ2) is 9.70. The number of nitrogens with zero attached hydrogens (tertiary/aromatic N) is 1. The highest BCUT2D eigenvalue weighted by molar-refractivity contribution is 7.89. The van der Waals surface area contributed by atoms with Crippen molar-refractivity contribution in [2.75, 3.05) is 38.1 Å². The first kappa shape index (κ1) is 22.1. The van der Waals surface area contributed by atoms with Gasteiger partial charge in [0.05, 0.1) is 11.6 Å². The number of hydrogen-bond acceptors (Lipinski definition) is 5. The summed E-state index contributed by atoms with van der Waals surface area (Å²) >= 11 is 6.07. The number of benzene rings is 1. The van der Waals surface area contributed by atoms with Crippen molar-refractivity contribution in [3.63, 3.8) is 0 Å². The summed E-state index contributed by atoms with van der Waals surface area (Å²) in [4.78, 5) is 12.2. The monoisotopic (exact) mass is 411 g/mol. The summed E-state index contributed by atoms with van der Waals surface area (Å²) in [5.74, 6) is -0.323. The summed E-state index contributed by atoms with van der Waals surface area (Å²) in [6, 6.07) is 4.41. The van der Waals surface area contributed by atoms with Gasteiger partial charge in [0.25, 0.3) is 5.91 Å². The van der Waals surface area contributed by atoms with Crippen LogP contribution in [0, 0.1) is 0 Å². The van der Waals surface area contributed by atoms with E-state index in [1.165, 1.54) is 16.4 Å². The Morgan fingerprint density at radius 2 is 2.08 bits per heavy atom. The van der Waals surface area contributed by atoms with Gasteiger partial charge in [0.15, 0.2) is 0 Å². The van der Waals surface area contributed by atoms with Crippen molar-refractivity contribution in [1.82, 2.24) is 9.62 Å². The van der Waals surface area contributed by atoms with Gasteiger partial charge in [-0.2, -0.15) is 4.31 Å². The van der Waals surface area contributed by atoms with Gasteiger partial charge in [-0.05, 0) is 18.2 Å². The molecule has 10 heteroatoms. The fraction of sp³-hybridized carbons (Fsp3) is 0.533. The number of hydrogen-bond donors (Lipinski definition) is 2. The van der Waals surface area contributed by atoms with E-state index in [1.54, 1.807) is 19.9 Å². The van der Waals surface area contributed by atoms with E-state index in [4.69, 9.17) is 16.3 Å². The van der Waals surface area contributed by atoms with E-state index in [0.29, 0.717) is 38.5 Å². The molecule has 7 nitrogen and oxygen atoms in total. The standard InChI is InChI=1S/C15H22ClN3O4S.ClH/c1-3-19(4-2)24(21,22)14-9-11(5-6-12(14)16)18-15(20)13-10-17-7-8-23-13;/h5-6,9,13,17H,3-4,7-8,10H2,1-2H3,(H,18,20);1H. The van der Waals surface area contributed by atoms with Crippen molar-refractivity contribution < 1.29 is 17.9 Å². The highest BCUT2D eigenvalue weighted by Gasteiger charge is 2.26. The second-order valence-electron chi connectivity index (χ2n) is 5.29. The number of anilines is 1. The molecule has 2 N–H and O–H groups in total. The maximum atomic E-state index is 12.6. The lowest BCUT2D eigenvalue weighted by Gasteiger charge is -2.23. The van der Waals surface area contributed by atoms with E-state index in [9.17, 15) is 13.2 Å². The van der Waals surface area contributed by atoms with Crippen molar-refractivity contribution in [1.29, 1.82) is 0 Å². The highest BCUT2D eigenvalue weighted by Crippen LogP contribution is 2.27. The SMILES string of the molecule is CCN(CC)S(=O)(=O)c1cc(NC(=O)C2CNCCO2)ccc1Cl.Cl. The number of halogens is 2. The van der Waals surface area contributed by atoms with Gasteiger partial charge in [0, 0.05) is 31.9 Å². The van der Waals surface area contributed by atoms with Gasteiger partial charge in [-0.15, -0.1) is 12.4 Å². The molecule has 2 rings (SSSR count). The van der Waals surface area contributed by atoms with Crippen LogP contribution in [-0.4, -0.2) is 57.5 Å². The van der Waals surface area contributed by atoms with Crippen LogP contribution in [0.2, 0.25) is 5.02 Å². The van der Waals surface area contributed by atoms with E-state index in [0.717, 1.165) is 0 Å². The maximum absolute atomic E-state index is 12.6. The predicted octanol–water partition coefficient (Wildman–Crippen LogP) is 1.72. The maximum Gasteiger partial charge on any atom is 0.254 e. The lowest BCUT2D eigenvalue weighted by atomic mass is 10.2. The predicted molar refractivity (Wildman–Crippen MR) is 100 cm³/mol. The average molecular weight is 412 g/mol. The summed E-state index contributed by atoms with van der Waals surface area (Å²) in [6.07, 6.45) is -0.600. The van der Waals surface area contributed by atoms with Crippen LogP contribution in [0.5, 0.6) is 0 Å². The molecule has 1 saturated heterocycles. The Morgan fingerprint density at radius 3 is 2.64 bits per heavy atom. The molecule has 0 spiro atoms. The summed E-state index contributed by atoms with van der Waals surface area (Å²) in [5, 5.41) is 5.87. The molecule has 1 heterocycles. The van der Waals surface area contributed by atoms with Crippen molar-refractivity contribution in [2.45, 2.75) is 24.8 Å². The smallest absolute Gasteiger partial charge is 0.254 e. The third kappa shape index (κ3) is 5.29. The van der Waals surface area contributed by atoms with Crippen LogP contribution in [0.3, 0.4) is 0 Å². The molecule has 1 aromatic rings. The number of nitrogens with one attached hydrogen (secondary N) is 2. The first-order valence-electron chi connectivity index (χ1n) is 7.83. The molecule has 0 bridgehead atoms. The number of sulfonamides is 1. The molecular weight excluding hydrogens is 389 g/mol. The van der Waals surface area contributed by atoms with Crippen LogP contribution in [0.25, 0.3) is 0 Å². The zero-order valence-corrected chi connectivity index (χ0v) is 16.5. The Balaban J connectivity index is 0.00000312. The minimum absolute atomic E-state index is 0. The molecule has 1 aliphatic rings. The minimum atomic E-state index is -3.71. The Labute approximate surface area is 159 Å². The summed E-state index contributed by atoms with van der Waals surface area (Å²) in [5.41, 5.74) is 0.365. The van der Waals surface area contributed by atoms with E-state index in [1.807, 2.05) is 0 Å². The third-order valence-corrected chi connectivity index (χ3v) is 6.27. The lowest BCUT2D eigenvalue weighted by Crippen LogP contribution is -2.45. The van der Waals surface area contributed by atoms with Crippen molar-refractivity contribution in [3.05, 3.63) is 23.2 Å². The Hall–Kier alpha value is -0.900. The van der Waals surface area contributed by atoms with Crippen molar-refractivity contribution >= 4 is 45.6 Å². The van der Waals surface area contributed by atoms with Gasteiger partial charge in [0.2, 0.25) is 10.0 Å². The number of morpholine rings is 1. The zero-order chi connectivity index (χ0) is 17.7. The number of rotatable bonds is 6. The molecule has 0 saturated carbocycles. The summed E-state index contributed by atoms with van der Waals surface area (Å²) in [6.45, 7) is 5.78. The van der Waals surface area contributed by atoms with Gasteiger partial charge in [-0.3, -0.25) is 4.79 Å². The summed E-state index contributed by atoms with van der Waals surface area (Å²) < 4.78 is 32.0. The molecule has 1 fully saturated rings. The molecule has 1 aliphatic heterocycles. The molecule has 1 amide bonds. The van der Waals surface area contributed by atoms with Gasteiger partial charge in [-0.1, -0.05) is 25.4 Å². The Morgan fingerprint density at radius 1 is 1.40 bits per heavy atom. The Bertz CT molecular complexity index is 690. The number of ether oxygens (including phenoxy) is 1. The third-order valence-electron chi connectivity index (χ3n) is 3.74. The van der Waals surface area contributed by atoms with Crippen molar-refractivity contribution in [3.8, 4) is 0 Å². The number of carbonyl (C=O) groups excluding carboxylic acids is 1. The van der Waals surface area contributed by atoms with Crippen LogP contribution >= 0.6 is 24.0 Å². The molecular formula is C15H23Cl2N3O4S. The van der Waals surface area contributed by atoms with Crippen LogP contribution in [0.15, 0.2) is 23.1 Å². The van der Waals surface area contributed by atoms with Gasteiger partial charge >= 0.3 is 0 Å². The van der Waals surface area contributed by atoms with Crippen LogP contribution in [0.4, 0.5) is 5.69 Å². The average Bonchev–Trinajstić information content (AvgIpc) is 2.58. The molecule has 25 heavy (non-hydrogen) atoms. The van der Waals surface area contributed by atoms with Crippen LogP contribution in [0.1, 0.15) is 13.8 Å². The second-order valence-corrected chi connectivity index (χ2v) is 7.60. The van der Waals surface area contributed by atoms with E-state index < -0.39 is 16.1 Å². The topological polar surface area (TPSA) is 87.7 Å². The summed E-state index contributed by atoms with van der Waals surface area (Å²) in [7, 11) is -3.71. The molecule has 0 radical (unpaired) electrons. The van der Waals surface area contributed by atoms with E-state index in [-0.39, 0.29) is 28.2 Å². The fourth-order valence-corrected chi connectivity index (χ4v) is 4.40. The lowest BCUT2D eigenvalue weighted by molar-refractivity contribution is -0.128. The molecule has 142 valence electrons. The molecule has 0 aromatic heterocycles. The quantitative estimate of drug-likeness (QED) is 0.743. The number of carbonyl (C=O) groups is 1. The zero-order valence-electron chi connectivity index (χ0n) is 14.1. The van der Waals surface area contributed by atoms with Gasteiger partial charge < -0.3 is 15.4 Å². The van der Waals surface area contributed by atoms with Crippen molar-refractivity contribution in [2.24, 2.45) is 0 Å². The van der Waals surface area contributed by atoms with E-state index >= 15 is 0 Å². The molecule has 1 atom stereocenters. The first-order valence-corrected chi connectivity index (χ1v) is 9.64. The van der Waals surface area contributed by atoms with Crippen LogP contribution < -0.4 is 10.6 Å². The number of amides is 1. The normalized spacial score (nSPS) is 17.8. The van der Waals surface area contributed by atoms with Crippen LogP contribution in [-0.2, 0) is 19.6 Å². The van der Waals surface area contributed by atoms with Gasteiger partial charge in [0.1, 0.15) is 11.0 Å². The Kier molecular flexibility index (Phi) is 8.59. The fourth-order valence-electron chi connectivity index (χ4n) is 2.44.